The molecule has 1 heterocycles. The molecule has 2 aromatic rings. The standard InChI is InChI=1S/C17H15Cl2NO4.2C3H8.C2H4/c1-10(24-14-5-3-12(18)7-13(14)19)17(21)20-8-11-2-4-15-16(6-11)23-9-22-15;2*1-3-2;1-2/h2-7,10H,8-9H2,1H3,(H,20,21);2*3H2,1-2H3;1-2H2. The van der Waals surface area contributed by atoms with Crippen molar-refractivity contribution in [2.45, 2.75) is 60.1 Å². The molecule has 0 saturated carbocycles. The number of amides is 1. The number of halogens is 2. The quantitative estimate of drug-likeness (QED) is 0.448. The van der Waals surface area contributed by atoms with Crippen LogP contribution in [0.15, 0.2) is 49.6 Å². The van der Waals surface area contributed by atoms with E-state index in [1.807, 2.05) is 18.2 Å². The lowest BCUT2D eigenvalue weighted by Crippen LogP contribution is -2.35. The van der Waals surface area contributed by atoms with E-state index in [1.54, 1.807) is 25.1 Å². The first kappa shape index (κ1) is 29.6. The van der Waals surface area contributed by atoms with Crippen LogP contribution in [0.3, 0.4) is 0 Å². The molecule has 0 saturated heterocycles. The van der Waals surface area contributed by atoms with Gasteiger partial charge in [0, 0.05) is 11.6 Å². The second-order valence-electron chi connectivity index (χ2n) is 6.65. The average Bonchev–Trinajstić information content (AvgIpc) is 3.24. The number of hydrogen-bond donors (Lipinski definition) is 1. The van der Waals surface area contributed by atoms with Crippen molar-refractivity contribution in [1.29, 1.82) is 0 Å². The second kappa shape index (κ2) is 17.2. The van der Waals surface area contributed by atoms with Gasteiger partial charge in [-0.25, -0.2) is 0 Å². The molecule has 1 atom stereocenters. The second-order valence-corrected chi connectivity index (χ2v) is 7.50. The van der Waals surface area contributed by atoms with E-state index in [2.05, 4.69) is 46.2 Å². The Morgan fingerprint density at radius 2 is 1.62 bits per heavy atom. The number of benzene rings is 2. The van der Waals surface area contributed by atoms with Crippen molar-refractivity contribution < 1.29 is 19.0 Å². The Balaban J connectivity index is 0.00000106. The number of nitrogens with one attached hydrogen (secondary N) is 1. The van der Waals surface area contributed by atoms with E-state index in [-0.39, 0.29) is 12.7 Å². The van der Waals surface area contributed by atoms with Gasteiger partial charge >= 0.3 is 0 Å². The van der Waals surface area contributed by atoms with Crippen molar-refractivity contribution in [3.05, 3.63) is 65.2 Å². The SMILES string of the molecule is C=C.CC(Oc1ccc(Cl)cc1Cl)C(=O)NCc1ccc2c(c1)OCO2.CCC.CCC. The summed E-state index contributed by atoms with van der Waals surface area (Å²) < 4.78 is 16.1. The first-order valence-corrected chi connectivity index (χ1v) is 11.4. The predicted molar refractivity (Wildman–Crippen MR) is 134 cm³/mol. The molecule has 1 amide bonds. The molecule has 7 heteroatoms. The third-order valence-electron chi connectivity index (χ3n) is 3.47. The molecular formula is C25H35Cl2NO4. The largest absolute Gasteiger partial charge is 0.479 e. The average molecular weight is 484 g/mol. The molecule has 1 aliphatic rings. The molecule has 1 N–H and O–H groups in total. The molecule has 2 aromatic carbocycles. The predicted octanol–water partition coefficient (Wildman–Crippen LogP) is 7.44. The summed E-state index contributed by atoms with van der Waals surface area (Å²) in [5, 5.41) is 3.68. The smallest absolute Gasteiger partial charge is 0.261 e. The molecule has 0 spiro atoms. The van der Waals surface area contributed by atoms with E-state index in [4.69, 9.17) is 37.4 Å². The van der Waals surface area contributed by atoms with Gasteiger partial charge in [0.2, 0.25) is 6.79 Å². The van der Waals surface area contributed by atoms with Crippen LogP contribution in [0.2, 0.25) is 10.0 Å². The van der Waals surface area contributed by atoms with Crippen LogP contribution < -0.4 is 19.5 Å². The minimum Gasteiger partial charge on any atom is -0.479 e. The zero-order valence-electron chi connectivity index (χ0n) is 19.7. The normalized spacial score (nSPS) is 11.3. The van der Waals surface area contributed by atoms with Crippen LogP contribution >= 0.6 is 23.2 Å². The highest BCUT2D eigenvalue weighted by atomic mass is 35.5. The molecule has 1 unspecified atom stereocenters. The summed E-state index contributed by atoms with van der Waals surface area (Å²) in [5.74, 6) is 1.55. The fourth-order valence-corrected chi connectivity index (χ4v) is 2.65. The number of carbonyl (C=O) groups excluding carboxylic acids is 1. The molecular weight excluding hydrogens is 449 g/mol. The molecule has 5 nitrogen and oxygen atoms in total. The summed E-state index contributed by atoms with van der Waals surface area (Å²) >= 11 is 11.9. The number of ether oxygens (including phenoxy) is 3. The third kappa shape index (κ3) is 10.8. The van der Waals surface area contributed by atoms with Crippen molar-refractivity contribution >= 4 is 29.1 Å². The lowest BCUT2D eigenvalue weighted by molar-refractivity contribution is -0.127. The number of rotatable bonds is 5. The van der Waals surface area contributed by atoms with E-state index in [0.29, 0.717) is 33.8 Å². The Morgan fingerprint density at radius 1 is 1.03 bits per heavy atom. The minimum absolute atomic E-state index is 0.220. The molecule has 0 bridgehead atoms. The first-order chi connectivity index (χ1) is 15.4. The Morgan fingerprint density at radius 3 is 2.22 bits per heavy atom. The Hall–Kier alpha value is -2.37. The van der Waals surface area contributed by atoms with Crippen LogP contribution in [0.1, 0.15) is 53.0 Å². The number of hydrogen-bond acceptors (Lipinski definition) is 4. The van der Waals surface area contributed by atoms with Gasteiger partial charge in [-0.05, 0) is 42.8 Å². The highest BCUT2D eigenvalue weighted by Gasteiger charge is 2.17. The molecule has 1 aliphatic heterocycles. The molecule has 0 fully saturated rings. The summed E-state index contributed by atoms with van der Waals surface area (Å²) in [6, 6.07) is 10.4. The first-order valence-electron chi connectivity index (χ1n) is 10.6. The van der Waals surface area contributed by atoms with Crippen molar-refractivity contribution in [2.75, 3.05) is 6.79 Å². The Labute approximate surface area is 202 Å². The van der Waals surface area contributed by atoms with Crippen LogP contribution in [0.25, 0.3) is 0 Å². The van der Waals surface area contributed by atoms with Crippen molar-refractivity contribution in [2.24, 2.45) is 0 Å². The van der Waals surface area contributed by atoms with Crippen LogP contribution in [0.5, 0.6) is 17.2 Å². The fourth-order valence-electron chi connectivity index (χ4n) is 2.20. The zero-order valence-corrected chi connectivity index (χ0v) is 21.2. The lowest BCUT2D eigenvalue weighted by atomic mass is 10.2. The molecule has 0 aliphatic carbocycles. The van der Waals surface area contributed by atoms with E-state index in [1.165, 1.54) is 12.8 Å². The van der Waals surface area contributed by atoms with Crippen molar-refractivity contribution in [1.82, 2.24) is 5.32 Å². The zero-order chi connectivity index (χ0) is 24.5. The fraction of sp³-hybridized carbons (Fsp3) is 0.400. The van der Waals surface area contributed by atoms with Crippen LogP contribution in [-0.2, 0) is 11.3 Å². The van der Waals surface area contributed by atoms with Gasteiger partial charge in [-0.1, -0.05) is 69.8 Å². The molecule has 0 radical (unpaired) electrons. The molecule has 0 aromatic heterocycles. The van der Waals surface area contributed by atoms with Crippen LogP contribution in [0.4, 0.5) is 0 Å². The van der Waals surface area contributed by atoms with Crippen molar-refractivity contribution in [3.8, 4) is 17.2 Å². The summed E-state index contributed by atoms with van der Waals surface area (Å²) in [7, 11) is 0. The van der Waals surface area contributed by atoms with E-state index in [0.717, 1.165) is 5.56 Å². The van der Waals surface area contributed by atoms with Gasteiger partial charge < -0.3 is 19.5 Å². The minimum atomic E-state index is -0.697. The Kier molecular flexibility index (Phi) is 15.9. The number of carbonyl (C=O) groups is 1. The lowest BCUT2D eigenvalue weighted by Gasteiger charge is -2.16. The van der Waals surface area contributed by atoms with Crippen molar-refractivity contribution in [3.63, 3.8) is 0 Å². The van der Waals surface area contributed by atoms with Gasteiger partial charge in [-0.3, -0.25) is 4.79 Å². The highest BCUT2D eigenvalue weighted by Crippen LogP contribution is 2.32. The van der Waals surface area contributed by atoms with Crippen LogP contribution in [-0.4, -0.2) is 18.8 Å². The van der Waals surface area contributed by atoms with Gasteiger partial charge in [0.15, 0.2) is 17.6 Å². The molecule has 178 valence electrons. The van der Waals surface area contributed by atoms with Gasteiger partial charge in [-0.15, -0.1) is 13.2 Å². The van der Waals surface area contributed by atoms with Gasteiger partial charge in [0.05, 0.1) is 5.02 Å². The van der Waals surface area contributed by atoms with E-state index >= 15 is 0 Å². The third-order valence-corrected chi connectivity index (χ3v) is 4.00. The summed E-state index contributed by atoms with van der Waals surface area (Å²) in [5.41, 5.74) is 0.907. The molecule has 3 rings (SSSR count). The highest BCUT2D eigenvalue weighted by molar-refractivity contribution is 6.35. The topological polar surface area (TPSA) is 56.8 Å². The van der Waals surface area contributed by atoms with Crippen LogP contribution in [0, 0.1) is 0 Å². The summed E-state index contributed by atoms with van der Waals surface area (Å²) in [6.45, 7) is 16.7. The molecule has 32 heavy (non-hydrogen) atoms. The van der Waals surface area contributed by atoms with Gasteiger partial charge in [0.1, 0.15) is 5.75 Å². The van der Waals surface area contributed by atoms with Gasteiger partial charge in [0.25, 0.3) is 5.91 Å². The monoisotopic (exact) mass is 483 g/mol. The number of fused-ring (bicyclic) bond motifs is 1. The van der Waals surface area contributed by atoms with E-state index in [9.17, 15) is 4.79 Å². The Bertz CT molecular complexity index is 813. The maximum Gasteiger partial charge on any atom is 0.261 e. The van der Waals surface area contributed by atoms with E-state index < -0.39 is 6.10 Å². The maximum atomic E-state index is 12.2. The summed E-state index contributed by atoms with van der Waals surface area (Å²) in [6.07, 6.45) is 1.80. The summed E-state index contributed by atoms with van der Waals surface area (Å²) in [4.78, 5) is 12.2. The maximum absolute atomic E-state index is 12.2. The van der Waals surface area contributed by atoms with Gasteiger partial charge in [-0.2, -0.15) is 0 Å².